The molecule has 0 aliphatic rings. The van der Waals surface area contributed by atoms with Crippen LogP contribution in [-0.4, -0.2) is 26.2 Å². The Bertz CT molecular complexity index is 646. The molecule has 0 unspecified atom stereocenters. The highest BCUT2D eigenvalue weighted by molar-refractivity contribution is 5.92. The molecule has 5 nitrogen and oxygen atoms in total. The predicted molar refractivity (Wildman–Crippen MR) is 94.5 cm³/mol. The van der Waals surface area contributed by atoms with E-state index in [1.165, 1.54) is 0 Å². The fourth-order valence-corrected chi connectivity index (χ4v) is 2.20. The summed E-state index contributed by atoms with van der Waals surface area (Å²) in [6.45, 7) is 5.04. The van der Waals surface area contributed by atoms with Crippen molar-refractivity contribution in [1.29, 1.82) is 0 Å². The normalized spacial score (nSPS) is 11.2. The number of anilines is 1. The summed E-state index contributed by atoms with van der Waals surface area (Å²) in [6, 6.07) is 13.6. The maximum absolute atomic E-state index is 5.87. The molecule has 0 aliphatic carbocycles. The van der Waals surface area contributed by atoms with E-state index >= 15 is 0 Å². The number of aryl methyl sites for hydroxylation is 2. The van der Waals surface area contributed by atoms with E-state index in [-0.39, 0.29) is 0 Å². The Morgan fingerprint density at radius 1 is 1.09 bits per heavy atom. The number of hydrogen-bond donors (Lipinski definition) is 2. The van der Waals surface area contributed by atoms with Gasteiger partial charge in [0.15, 0.2) is 5.96 Å². The first-order valence-electron chi connectivity index (χ1n) is 7.50. The monoisotopic (exact) mass is 313 g/mol. The van der Waals surface area contributed by atoms with Crippen LogP contribution in [0.2, 0.25) is 0 Å². The van der Waals surface area contributed by atoms with Crippen LogP contribution in [0.4, 0.5) is 5.69 Å². The number of nitrogens with one attached hydrogen (secondary N) is 1. The largest absolute Gasteiger partial charge is 0.497 e. The predicted octanol–water partition coefficient (Wildman–Crippen LogP) is 3.12. The van der Waals surface area contributed by atoms with Crippen molar-refractivity contribution in [2.75, 3.05) is 25.6 Å². The molecule has 23 heavy (non-hydrogen) atoms. The standard InChI is InChI=1S/C18H23N3O2/c1-13-5-4-6-14(2)17(13)23-12-11-20-18(19)21-15-7-9-16(22-3)10-8-15/h4-10H,11-12H2,1-3H3,(H3,19,20,21). The highest BCUT2D eigenvalue weighted by Gasteiger charge is 2.02. The Kier molecular flexibility index (Phi) is 5.86. The summed E-state index contributed by atoms with van der Waals surface area (Å²) < 4.78 is 10.9. The van der Waals surface area contributed by atoms with Crippen molar-refractivity contribution in [2.45, 2.75) is 13.8 Å². The Morgan fingerprint density at radius 3 is 2.35 bits per heavy atom. The number of ether oxygens (including phenoxy) is 2. The Hall–Kier alpha value is -2.69. The maximum Gasteiger partial charge on any atom is 0.193 e. The number of benzene rings is 2. The lowest BCUT2D eigenvalue weighted by molar-refractivity contribution is 0.324. The van der Waals surface area contributed by atoms with Gasteiger partial charge in [-0.3, -0.25) is 0 Å². The van der Waals surface area contributed by atoms with Crippen molar-refractivity contribution >= 4 is 11.6 Å². The summed E-state index contributed by atoms with van der Waals surface area (Å²) in [4.78, 5) is 4.26. The van der Waals surface area contributed by atoms with E-state index in [1.807, 2.05) is 56.3 Å². The zero-order chi connectivity index (χ0) is 16.7. The number of nitrogens with two attached hydrogens (primary N) is 1. The molecule has 2 aromatic rings. The second-order valence-corrected chi connectivity index (χ2v) is 5.19. The Labute approximate surface area is 137 Å². The average Bonchev–Trinajstić information content (AvgIpc) is 2.54. The SMILES string of the molecule is COc1ccc(NC(N)=NCCOc2c(C)cccc2C)cc1. The van der Waals surface area contributed by atoms with Gasteiger partial charge in [-0.25, -0.2) is 4.99 Å². The first-order valence-corrected chi connectivity index (χ1v) is 7.50. The highest BCUT2D eigenvalue weighted by Crippen LogP contribution is 2.22. The smallest absolute Gasteiger partial charge is 0.193 e. The Morgan fingerprint density at radius 2 is 1.74 bits per heavy atom. The number of rotatable bonds is 6. The molecule has 0 spiro atoms. The van der Waals surface area contributed by atoms with Crippen molar-refractivity contribution < 1.29 is 9.47 Å². The zero-order valence-corrected chi connectivity index (χ0v) is 13.8. The van der Waals surface area contributed by atoms with Gasteiger partial charge >= 0.3 is 0 Å². The van der Waals surface area contributed by atoms with Crippen LogP contribution in [0.3, 0.4) is 0 Å². The molecule has 0 amide bonds. The van der Waals surface area contributed by atoms with Gasteiger partial charge < -0.3 is 20.5 Å². The summed E-state index contributed by atoms with van der Waals surface area (Å²) in [5, 5.41) is 3.03. The van der Waals surface area contributed by atoms with Crippen LogP contribution in [0.1, 0.15) is 11.1 Å². The minimum Gasteiger partial charge on any atom is -0.497 e. The molecule has 0 aromatic heterocycles. The molecule has 0 fully saturated rings. The third-order valence-electron chi connectivity index (χ3n) is 3.39. The van der Waals surface area contributed by atoms with Crippen LogP contribution >= 0.6 is 0 Å². The van der Waals surface area contributed by atoms with Crippen molar-refractivity contribution in [3.05, 3.63) is 53.6 Å². The molecular weight excluding hydrogens is 290 g/mol. The average molecular weight is 313 g/mol. The van der Waals surface area contributed by atoms with Gasteiger partial charge in [0.1, 0.15) is 18.1 Å². The fraction of sp³-hybridized carbons (Fsp3) is 0.278. The molecule has 0 atom stereocenters. The topological polar surface area (TPSA) is 68.9 Å². The maximum atomic E-state index is 5.87. The van der Waals surface area contributed by atoms with E-state index in [2.05, 4.69) is 10.3 Å². The second-order valence-electron chi connectivity index (χ2n) is 5.19. The van der Waals surface area contributed by atoms with Crippen LogP contribution in [0.5, 0.6) is 11.5 Å². The summed E-state index contributed by atoms with van der Waals surface area (Å²) in [6.07, 6.45) is 0. The summed E-state index contributed by atoms with van der Waals surface area (Å²) in [5.41, 5.74) is 8.98. The fourth-order valence-electron chi connectivity index (χ4n) is 2.20. The number of nitrogens with zero attached hydrogens (tertiary/aromatic N) is 1. The number of para-hydroxylation sites is 1. The minimum absolute atomic E-state index is 0.361. The van der Waals surface area contributed by atoms with E-state index < -0.39 is 0 Å². The lowest BCUT2D eigenvalue weighted by Crippen LogP contribution is -2.23. The van der Waals surface area contributed by atoms with Crippen molar-refractivity contribution in [2.24, 2.45) is 10.7 Å². The van der Waals surface area contributed by atoms with Gasteiger partial charge in [-0.05, 0) is 49.2 Å². The molecular formula is C18H23N3O2. The molecule has 0 saturated carbocycles. The van der Waals surface area contributed by atoms with E-state index in [9.17, 15) is 0 Å². The van der Waals surface area contributed by atoms with E-state index in [1.54, 1.807) is 7.11 Å². The van der Waals surface area contributed by atoms with Gasteiger partial charge in [0.25, 0.3) is 0 Å². The number of aliphatic imine (C=N–C) groups is 1. The number of methoxy groups -OCH3 is 1. The molecule has 0 saturated heterocycles. The van der Waals surface area contributed by atoms with Crippen molar-refractivity contribution in [1.82, 2.24) is 0 Å². The quantitative estimate of drug-likeness (QED) is 0.488. The minimum atomic E-state index is 0.361. The lowest BCUT2D eigenvalue weighted by Gasteiger charge is -2.11. The van der Waals surface area contributed by atoms with Crippen LogP contribution in [0.15, 0.2) is 47.5 Å². The third-order valence-corrected chi connectivity index (χ3v) is 3.39. The van der Waals surface area contributed by atoms with E-state index in [0.29, 0.717) is 19.1 Å². The first kappa shape index (κ1) is 16.7. The molecule has 0 radical (unpaired) electrons. The van der Waals surface area contributed by atoms with Gasteiger partial charge in [-0.1, -0.05) is 18.2 Å². The highest BCUT2D eigenvalue weighted by atomic mass is 16.5. The molecule has 3 N–H and O–H groups in total. The van der Waals surface area contributed by atoms with Gasteiger partial charge in [-0.2, -0.15) is 0 Å². The molecule has 0 bridgehead atoms. The lowest BCUT2D eigenvalue weighted by atomic mass is 10.1. The summed E-state index contributed by atoms with van der Waals surface area (Å²) in [5.74, 6) is 2.08. The van der Waals surface area contributed by atoms with Gasteiger partial charge in [0, 0.05) is 5.69 Å². The zero-order valence-electron chi connectivity index (χ0n) is 13.8. The van der Waals surface area contributed by atoms with E-state index in [0.717, 1.165) is 28.3 Å². The number of hydrogen-bond acceptors (Lipinski definition) is 3. The summed E-state index contributed by atoms with van der Waals surface area (Å²) >= 11 is 0. The number of guanidine groups is 1. The van der Waals surface area contributed by atoms with Crippen LogP contribution < -0.4 is 20.5 Å². The van der Waals surface area contributed by atoms with Crippen LogP contribution in [0.25, 0.3) is 0 Å². The van der Waals surface area contributed by atoms with Gasteiger partial charge in [0.2, 0.25) is 0 Å². The summed E-state index contributed by atoms with van der Waals surface area (Å²) in [7, 11) is 1.63. The first-order chi connectivity index (χ1) is 11.1. The van der Waals surface area contributed by atoms with Crippen molar-refractivity contribution in [3.63, 3.8) is 0 Å². The van der Waals surface area contributed by atoms with Gasteiger partial charge in [-0.15, -0.1) is 0 Å². The molecule has 2 rings (SSSR count). The molecule has 2 aromatic carbocycles. The molecule has 122 valence electrons. The molecule has 0 heterocycles. The van der Waals surface area contributed by atoms with Crippen LogP contribution in [0, 0.1) is 13.8 Å². The third kappa shape index (κ3) is 4.92. The second kappa shape index (κ2) is 8.08. The molecule has 0 aliphatic heterocycles. The van der Waals surface area contributed by atoms with Crippen LogP contribution in [-0.2, 0) is 0 Å². The molecule has 5 heteroatoms. The van der Waals surface area contributed by atoms with Crippen molar-refractivity contribution in [3.8, 4) is 11.5 Å². The van der Waals surface area contributed by atoms with Gasteiger partial charge in [0.05, 0.1) is 13.7 Å². The van der Waals surface area contributed by atoms with E-state index in [4.69, 9.17) is 15.2 Å². The Balaban J connectivity index is 1.82.